The third-order valence-corrected chi connectivity index (χ3v) is 3.25. The molecule has 0 aromatic carbocycles. The minimum absolute atomic E-state index is 0.329. The Morgan fingerprint density at radius 2 is 1.50 bits per heavy atom. The van der Waals surface area contributed by atoms with E-state index in [4.69, 9.17) is 0 Å². The molecule has 5 nitrogen and oxygen atoms in total. The van der Waals surface area contributed by atoms with E-state index in [1.807, 2.05) is 20.9 Å². The SMILES string of the molecule is CCCN(CCC)C(=O)C(=O)N1CCN(C)CC1. The molecule has 104 valence electrons. The Labute approximate surface area is 110 Å². The first-order valence-electron chi connectivity index (χ1n) is 6.86. The highest BCUT2D eigenvalue weighted by Crippen LogP contribution is 2.03. The van der Waals surface area contributed by atoms with Gasteiger partial charge in [-0.05, 0) is 19.9 Å². The predicted octanol–water partition coefficient (Wildman–Crippen LogP) is 0.409. The summed E-state index contributed by atoms with van der Waals surface area (Å²) < 4.78 is 0. The van der Waals surface area contributed by atoms with Gasteiger partial charge in [0.2, 0.25) is 0 Å². The molecule has 0 N–H and O–H groups in total. The predicted molar refractivity (Wildman–Crippen MR) is 71.2 cm³/mol. The molecule has 0 bridgehead atoms. The molecule has 5 heteroatoms. The summed E-state index contributed by atoms with van der Waals surface area (Å²) in [5, 5.41) is 0. The Bertz CT molecular complexity index is 280. The van der Waals surface area contributed by atoms with E-state index in [1.165, 1.54) is 0 Å². The standard InChI is InChI=1S/C13H25N3O2/c1-4-6-15(7-5-2)12(17)13(18)16-10-8-14(3)9-11-16/h4-11H2,1-3H3. The second-order valence-corrected chi connectivity index (χ2v) is 4.89. The van der Waals surface area contributed by atoms with Crippen LogP contribution in [0.5, 0.6) is 0 Å². The summed E-state index contributed by atoms with van der Waals surface area (Å²) in [6.45, 7) is 8.41. The van der Waals surface area contributed by atoms with E-state index >= 15 is 0 Å². The minimum atomic E-state index is -0.330. The Balaban J connectivity index is 2.55. The molecular weight excluding hydrogens is 230 g/mol. The lowest BCUT2D eigenvalue weighted by molar-refractivity contribution is -0.152. The monoisotopic (exact) mass is 255 g/mol. The van der Waals surface area contributed by atoms with E-state index in [0.717, 1.165) is 25.9 Å². The molecule has 0 radical (unpaired) electrons. The number of amides is 2. The van der Waals surface area contributed by atoms with Crippen molar-refractivity contribution in [1.82, 2.24) is 14.7 Å². The van der Waals surface area contributed by atoms with E-state index in [0.29, 0.717) is 26.2 Å². The van der Waals surface area contributed by atoms with Crippen molar-refractivity contribution in [2.45, 2.75) is 26.7 Å². The number of likely N-dealkylation sites (N-methyl/N-ethyl adjacent to an activating group) is 1. The zero-order valence-electron chi connectivity index (χ0n) is 11.8. The fourth-order valence-corrected chi connectivity index (χ4v) is 2.13. The van der Waals surface area contributed by atoms with E-state index in [2.05, 4.69) is 4.90 Å². The second-order valence-electron chi connectivity index (χ2n) is 4.89. The fourth-order valence-electron chi connectivity index (χ4n) is 2.13. The third kappa shape index (κ3) is 3.98. The van der Waals surface area contributed by atoms with E-state index in [1.54, 1.807) is 9.80 Å². The lowest BCUT2D eigenvalue weighted by atomic mass is 10.3. The summed E-state index contributed by atoms with van der Waals surface area (Å²) >= 11 is 0. The highest BCUT2D eigenvalue weighted by Gasteiger charge is 2.28. The van der Waals surface area contributed by atoms with Gasteiger partial charge in [-0.3, -0.25) is 9.59 Å². The van der Waals surface area contributed by atoms with Crippen LogP contribution >= 0.6 is 0 Å². The van der Waals surface area contributed by atoms with Crippen molar-refractivity contribution in [3.63, 3.8) is 0 Å². The summed E-state index contributed by atoms with van der Waals surface area (Å²) in [7, 11) is 2.03. The average molecular weight is 255 g/mol. The van der Waals surface area contributed by atoms with E-state index in [9.17, 15) is 9.59 Å². The molecule has 0 aromatic rings. The zero-order valence-corrected chi connectivity index (χ0v) is 11.8. The summed E-state index contributed by atoms with van der Waals surface area (Å²) in [6.07, 6.45) is 1.78. The third-order valence-electron chi connectivity index (χ3n) is 3.25. The minimum Gasteiger partial charge on any atom is -0.334 e. The van der Waals surface area contributed by atoms with Crippen LogP contribution in [0.4, 0.5) is 0 Å². The summed E-state index contributed by atoms with van der Waals surface area (Å²) in [6, 6.07) is 0. The first-order valence-corrected chi connectivity index (χ1v) is 6.86. The molecule has 1 aliphatic rings. The van der Waals surface area contributed by atoms with Gasteiger partial charge >= 0.3 is 11.8 Å². The molecule has 1 aliphatic heterocycles. The topological polar surface area (TPSA) is 43.9 Å². The molecule has 1 heterocycles. The molecule has 1 fully saturated rings. The lowest BCUT2D eigenvalue weighted by Gasteiger charge is -2.33. The van der Waals surface area contributed by atoms with Gasteiger partial charge in [0.05, 0.1) is 0 Å². The van der Waals surface area contributed by atoms with Gasteiger partial charge in [-0.25, -0.2) is 0 Å². The number of carbonyl (C=O) groups excluding carboxylic acids is 2. The smallest absolute Gasteiger partial charge is 0.312 e. The molecule has 2 amide bonds. The van der Waals surface area contributed by atoms with Gasteiger partial charge in [0, 0.05) is 39.3 Å². The molecule has 1 saturated heterocycles. The first kappa shape index (κ1) is 15.0. The van der Waals surface area contributed by atoms with Gasteiger partial charge in [0.1, 0.15) is 0 Å². The highest BCUT2D eigenvalue weighted by atomic mass is 16.2. The molecule has 18 heavy (non-hydrogen) atoms. The molecule has 0 atom stereocenters. The maximum Gasteiger partial charge on any atom is 0.312 e. The first-order chi connectivity index (χ1) is 8.60. The second kappa shape index (κ2) is 7.36. The van der Waals surface area contributed by atoms with Crippen molar-refractivity contribution < 1.29 is 9.59 Å². The van der Waals surface area contributed by atoms with Gasteiger partial charge in [-0.2, -0.15) is 0 Å². The Kier molecular flexibility index (Phi) is 6.12. The van der Waals surface area contributed by atoms with Crippen LogP contribution in [0.2, 0.25) is 0 Å². The van der Waals surface area contributed by atoms with Crippen molar-refractivity contribution >= 4 is 11.8 Å². The maximum absolute atomic E-state index is 12.1. The molecule has 0 aliphatic carbocycles. The number of rotatable bonds is 4. The Hall–Kier alpha value is -1.10. The van der Waals surface area contributed by atoms with Gasteiger partial charge in [0.15, 0.2) is 0 Å². The maximum atomic E-state index is 12.1. The highest BCUT2D eigenvalue weighted by molar-refractivity contribution is 6.34. The van der Waals surface area contributed by atoms with Crippen LogP contribution in [0.25, 0.3) is 0 Å². The van der Waals surface area contributed by atoms with Crippen molar-refractivity contribution in [3.05, 3.63) is 0 Å². The normalized spacial score (nSPS) is 16.7. The van der Waals surface area contributed by atoms with Crippen molar-refractivity contribution in [3.8, 4) is 0 Å². The average Bonchev–Trinajstić information content (AvgIpc) is 2.38. The van der Waals surface area contributed by atoms with Gasteiger partial charge in [-0.15, -0.1) is 0 Å². The van der Waals surface area contributed by atoms with E-state index in [-0.39, 0.29) is 11.8 Å². The van der Waals surface area contributed by atoms with Crippen LogP contribution in [-0.2, 0) is 9.59 Å². The molecule has 0 unspecified atom stereocenters. The summed E-state index contributed by atoms with van der Waals surface area (Å²) in [5.41, 5.74) is 0. The van der Waals surface area contributed by atoms with Gasteiger partial charge < -0.3 is 14.7 Å². The zero-order chi connectivity index (χ0) is 13.5. The Morgan fingerprint density at radius 1 is 1.00 bits per heavy atom. The van der Waals surface area contributed by atoms with Crippen LogP contribution < -0.4 is 0 Å². The number of hydrogen-bond acceptors (Lipinski definition) is 3. The van der Waals surface area contributed by atoms with Crippen LogP contribution in [0.15, 0.2) is 0 Å². The number of piperazine rings is 1. The summed E-state index contributed by atoms with van der Waals surface area (Å²) in [4.78, 5) is 29.8. The van der Waals surface area contributed by atoms with Crippen LogP contribution in [-0.4, -0.2) is 72.8 Å². The number of hydrogen-bond donors (Lipinski definition) is 0. The largest absolute Gasteiger partial charge is 0.334 e. The number of nitrogens with zero attached hydrogens (tertiary/aromatic N) is 3. The van der Waals surface area contributed by atoms with Gasteiger partial charge in [0.25, 0.3) is 0 Å². The van der Waals surface area contributed by atoms with Crippen molar-refractivity contribution in [1.29, 1.82) is 0 Å². The van der Waals surface area contributed by atoms with Gasteiger partial charge in [-0.1, -0.05) is 13.8 Å². The lowest BCUT2D eigenvalue weighted by Crippen LogP contribution is -2.52. The molecule has 0 aromatic heterocycles. The molecule has 0 saturated carbocycles. The number of carbonyl (C=O) groups is 2. The van der Waals surface area contributed by atoms with Crippen LogP contribution in [0.1, 0.15) is 26.7 Å². The van der Waals surface area contributed by atoms with E-state index < -0.39 is 0 Å². The Morgan fingerprint density at radius 3 is 1.94 bits per heavy atom. The van der Waals surface area contributed by atoms with Crippen molar-refractivity contribution in [2.75, 3.05) is 46.3 Å². The summed E-state index contributed by atoms with van der Waals surface area (Å²) in [5.74, 6) is -0.659. The molecular formula is C13H25N3O2. The van der Waals surface area contributed by atoms with Crippen LogP contribution in [0.3, 0.4) is 0 Å². The molecule has 0 spiro atoms. The fraction of sp³-hybridized carbons (Fsp3) is 0.846. The quantitative estimate of drug-likeness (QED) is 0.683. The molecule has 1 rings (SSSR count). The van der Waals surface area contributed by atoms with Crippen LogP contribution in [0, 0.1) is 0 Å². The van der Waals surface area contributed by atoms with Crippen molar-refractivity contribution in [2.24, 2.45) is 0 Å².